The van der Waals surface area contributed by atoms with Crippen LogP contribution in [0.25, 0.3) is 0 Å². The largest absolute Gasteiger partial charge is 0.478 e. The lowest BCUT2D eigenvalue weighted by atomic mass is 10.4. The summed E-state index contributed by atoms with van der Waals surface area (Å²) >= 11 is 4.75. The Hall–Kier alpha value is -1.93. The molecule has 0 saturated carbocycles. The Morgan fingerprint density at radius 1 is 1.55 bits per heavy atom. The van der Waals surface area contributed by atoms with E-state index >= 15 is 0 Å². The highest BCUT2D eigenvalue weighted by Crippen LogP contribution is 2.01. The molecule has 0 atom stereocenters. The molecule has 20 heavy (non-hydrogen) atoms. The van der Waals surface area contributed by atoms with Gasteiger partial charge in [0.1, 0.15) is 0 Å². The predicted octanol–water partition coefficient (Wildman–Crippen LogP) is -0.724. The molecule has 1 heterocycles. The second-order valence-corrected chi connectivity index (χ2v) is 4.43. The summed E-state index contributed by atoms with van der Waals surface area (Å²) in [4.78, 5) is 23.6. The van der Waals surface area contributed by atoms with Crippen molar-refractivity contribution in [2.45, 2.75) is 6.54 Å². The molecule has 0 aromatic carbocycles. The quantitative estimate of drug-likeness (QED) is 0.486. The molecule has 0 radical (unpaired) electrons. The number of methoxy groups -OCH3 is 1. The van der Waals surface area contributed by atoms with E-state index in [1.165, 1.54) is 17.7 Å². The van der Waals surface area contributed by atoms with Gasteiger partial charge in [0.25, 0.3) is 11.5 Å². The molecule has 0 unspecified atom stereocenters. The van der Waals surface area contributed by atoms with Crippen molar-refractivity contribution in [3.63, 3.8) is 0 Å². The number of hydrogen-bond acceptors (Lipinski definition) is 5. The van der Waals surface area contributed by atoms with Gasteiger partial charge in [0.15, 0.2) is 12.4 Å². The molecule has 1 aromatic heterocycles. The topological polar surface area (TPSA) is 95.6 Å². The summed E-state index contributed by atoms with van der Waals surface area (Å²) in [6.07, 6.45) is 1.55. The molecule has 0 aliphatic rings. The summed E-state index contributed by atoms with van der Waals surface area (Å²) < 4.78 is 11.3. The fraction of sp³-hybridized carbons (Fsp3) is 0.417. The van der Waals surface area contributed by atoms with Crippen LogP contribution >= 0.6 is 12.2 Å². The van der Waals surface area contributed by atoms with Crippen molar-refractivity contribution in [1.82, 2.24) is 9.88 Å². The average molecular weight is 299 g/mol. The summed E-state index contributed by atoms with van der Waals surface area (Å²) in [5, 5.41) is 2.58. The Labute approximate surface area is 121 Å². The van der Waals surface area contributed by atoms with E-state index in [1.54, 1.807) is 12.3 Å². The number of nitrogens with two attached hydrogens (primary N) is 1. The maximum atomic E-state index is 11.9. The summed E-state index contributed by atoms with van der Waals surface area (Å²) in [6.45, 7) is 0.693. The molecule has 0 spiro atoms. The summed E-state index contributed by atoms with van der Waals surface area (Å²) in [6, 6.07) is 3.11. The SMILES string of the molecule is COCCNC(=O)COc1cccn(CC(N)=S)c1=O. The van der Waals surface area contributed by atoms with Crippen LogP contribution in [0.2, 0.25) is 0 Å². The van der Waals surface area contributed by atoms with Crippen LogP contribution in [0.5, 0.6) is 5.75 Å². The van der Waals surface area contributed by atoms with Gasteiger partial charge in [0.05, 0.1) is 18.1 Å². The lowest BCUT2D eigenvalue weighted by molar-refractivity contribution is -0.123. The maximum absolute atomic E-state index is 11.9. The molecule has 1 aromatic rings. The van der Waals surface area contributed by atoms with E-state index in [0.717, 1.165) is 0 Å². The number of aromatic nitrogens is 1. The highest BCUT2D eigenvalue weighted by Gasteiger charge is 2.07. The van der Waals surface area contributed by atoms with Crippen LogP contribution in [0.4, 0.5) is 0 Å². The summed E-state index contributed by atoms with van der Waals surface area (Å²) in [7, 11) is 1.54. The molecular formula is C12H17N3O4S. The minimum absolute atomic E-state index is 0.0747. The van der Waals surface area contributed by atoms with Gasteiger partial charge in [-0.05, 0) is 12.1 Å². The molecule has 110 valence electrons. The Balaban J connectivity index is 2.58. The fourth-order valence-corrected chi connectivity index (χ4v) is 1.54. The number of hydrogen-bond donors (Lipinski definition) is 2. The Bertz CT molecular complexity index is 530. The third-order valence-corrected chi connectivity index (χ3v) is 2.43. The number of pyridine rings is 1. The third-order valence-electron chi connectivity index (χ3n) is 2.30. The number of carbonyl (C=O) groups is 1. The molecular weight excluding hydrogens is 282 g/mol. The van der Waals surface area contributed by atoms with Crippen LogP contribution in [-0.2, 0) is 16.1 Å². The van der Waals surface area contributed by atoms with E-state index in [0.29, 0.717) is 13.2 Å². The molecule has 8 heteroatoms. The molecule has 0 aliphatic carbocycles. The minimum atomic E-state index is -0.384. The van der Waals surface area contributed by atoms with Gasteiger partial charge in [-0.25, -0.2) is 0 Å². The monoisotopic (exact) mass is 299 g/mol. The first-order valence-corrected chi connectivity index (χ1v) is 6.31. The van der Waals surface area contributed by atoms with E-state index in [-0.39, 0.29) is 35.4 Å². The molecule has 1 rings (SSSR count). The number of rotatable bonds is 8. The van der Waals surface area contributed by atoms with Crippen molar-refractivity contribution in [3.8, 4) is 5.75 Å². The van der Waals surface area contributed by atoms with Gasteiger partial charge in [-0.2, -0.15) is 0 Å². The van der Waals surface area contributed by atoms with Gasteiger partial charge in [-0.3, -0.25) is 9.59 Å². The van der Waals surface area contributed by atoms with Crippen molar-refractivity contribution >= 4 is 23.1 Å². The highest BCUT2D eigenvalue weighted by atomic mass is 32.1. The van der Waals surface area contributed by atoms with Crippen molar-refractivity contribution in [2.75, 3.05) is 26.9 Å². The van der Waals surface area contributed by atoms with Gasteiger partial charge < -0.3 is 25.1 Å². The zero-order chi connectivity index (χ0) is 15.0. The van der Waals surface area contributed by atoms with Gasteiger partial charge in [0.2, 0.25) is 0 Å². The van der Waals surface area contributed by atoms with E-state index in [1.807, 2.05) is 0 Å². The van der Waals surface area contributed by atoms with Crippen LogP contribution in [0, 0.1) is 0 Å². The van der Waals surface area contributed by atoms with Gasteiger partial charge in [-0.1, -0.05) is 12.2 Å². The second-order valence-electron chi connectivity index (χ2n) is 3.90. The Kier molecular flexibility index (Phi) is 6.68. The van der Waals surface area contributed by atoms with Gasteiger partial charge in [0, 0.05) is 19.9 Å². The van der Waals surface area contributed by atoms with Crippen molar-refractivity contribution in [1.29, 1.82) is 0 Å². The molecule has 0 saturated heterocycles. The molecule has 1 amide bonds. The van der Waals surface area contributed by atoms with Crippen molar-refractivity contribution < 1.29 is 14.3 Å². The van der Waals surface area contributed by atoms with E-state index in [2.05, 4.69) is 5.32 Å². The fourth-order valence-electron chi connectivity index (χ4n) is 1.40. The minimum Gasteiger partial charge on any atom is -0.478 e. The lowest BCUT2D eigenvalue weighted by Crippen LogP contribution is -2.33. The van der Waals surface area contributed by atoms with Crippen molar-refractivity contribution in [3.05, 3.63) is 28.7 Å². The first kappa shape index (κ1) is 16.1. The number of carbonyl (C=O) groups excluding carboxylic acids is 1. The molecule has 0 bridgehead atoms. The second kappa shape index (κ2) is 8.28. The van der Waals surface area contributed by atoms with Crippen LogP contribution in [0.3, 0.4) is 0 Å². The Morgan fingerprint density at radius 3 is 2.95 bits per heavy atom. The standard InChI is InChI=1S/C12H17N3O4S/c1-18-6-4-14-11(16)8-19-9-3-2-5-15(12(9)17)7-10(13)20/h2-3,5H,4,6-8H2,1H3,(H2,13,20)(H,14,16). The van der Waals surface area contributed by atoms with E-state index < -0.39 is 0 Å². The molecule has 0 fully saturated rings. The first-order chi connectivity index (χ1) is 9.54. The summed E-state index contributed by atoms with van der Waals surface area (Å²) in [5.74, 6) is -0.253. The maximum Gasteiger partial charge on any atom is 0.293 e. The summed E-state index contributed by atoms with van der Waals surface area (Å²) in [5.41, 5.74) is 5.00. The Morgan fingerprint density at radius 2 is 2.30 bits per heavy atom. The molecule has 3 N–H and O–H groups in total. The van der Waals surface area contributed by atoms with Crippen LogP contribution in [0.15, 0.2) is 23.1 Å². The lowest BCUT2D eigenvalue weighted by Gasteiger charge is -2.09. The smallest absolute Gasteiger partial charge is 0.293 e. The molecule has 7 nitrogen and oxygen atoms in total. The number of amides is 1. The van der Waals surface area contributed by atoms with Crippen molar-refractivity contribution in [2.24, 2.45) is 5.73 Å². The number of nitrogens with one attached hydrogen (secondary N) is 1. The molecule has 0 aliphatic heterocycles. The third kappa shape index (κ3) is 5.37. The van der Waals surface area contributed by atoms with Gasteiger partial charge in [-0.15, -0.1) is 0 Å². The van der Waals surface area contributed by atoms with Crippen LogP contribution < -0.4 is 21.3 Å². The number of nitrogens with zero attached hydrogens (tertiary/aromatic N) is 1. The van der Waals surface area contributed by atoms with Crippen LogP contribution in [-0.4, -0.2) is 42.3 Å². The zero-order valence-corrected chi connectivity index (χ0v) is 11.9. The van der Waals surface area contributed by atoms with E-state index in [4.69, 9.17) is 27.4 Å². The number of thiocarbonyl (C=S) groups is 1. The van der Waals surface area contributed by atoms with Crippen LogP contribution in [0.1, 0.15) is 0 Å². The highest BCUT2D eigenvalue weighted by molar-refractivity contribution is 7.80. The first-order valence-electron chi connectivity index (χ1n) is 5.90. The number of ether oxygens (including phenoxy) is 2. The van der Waals surface area contributed by atoms with Gasteiger partial charge >= 0.3 is 0 Å². The zero-order valence-electron chi connectivity index (χ0n) is 11.1. The van der Waals surface area contributed by atoms with E-state index in [9.17, 15) is 9.59 Å². The normalized spacial score (nSPS) is 10.1. The predicted molar refractivity (Wildman–Crippen MR) is 77.9 cm³/mol. The average Bonchev–Trinajstić information content (AvgIpc) is 2.39.